The number of nitrogens with one attached hydrogen (secondary N) is 1. The number of carbonyl (C=O) groups is 1. The number of benzene rings is 2. The van der Waals surface area contributed by atoms with E-state index < -0.39 is 10.0 Å². The van der Waals surface area contributed by atoms with E-state index in [0.717, 1.165) is 33.5 Å². The van der Waals surface area contributed by atoms with Crippen LogP contribution >= 0.6 is 0 Å². The van der Waals surface area contributed by atoms with Gasteiger partial charge in [0.2, 0.25) is 15.9 Å². The normalized spacial score (nSPS) is 15.5. The number of hydrogen-bond acceptors (Lipinski definition) is 5. The molecule has 0 spiro atoms. The van der Waals surface area contributed by atoms with E-state index in [4.69, 9.17) is 4.52 Å². The standard InChI is InChI=1S/C28H33N3O4S/c1-18-6-8-23(9-7-18)10-11-25-27(22(5)30-35-25)36(33,34)31-14-12-24(13-15-31)28(32)29-26-20(3)16-19(2)17-21(26)4/h6-11,16-17,24H,12-15H2,1-5H3,(H,29,32). The summed E-state index contributed by atoms with van der Waals surface area (Å²) in [6.45, 7) is 10.2. The molecule has 1 aliphatic heterocycles. The van der Waals surface area contributed by atoms with Gasteiger partial charge in [-0.2, -0.15) is 4.31 Å². The minimum Gasteiger partial charge on any atom is -0.355 e. The van der Waals surface area contributed by atoms with Crippen LogP contribution in [0.1, 0.15) is 52.1 Å². The van der Waals surface area contributed by atoms with Crippen molar-refractivity contribution in [3.63, 3.8) is 0 Å². The number of carbonyl (C=O) groups excluding carboxylic acids is 1. The Balaban J connectivity index is 1.46. The molecule has 8 heteroatoms. The maximum Gasteiger partial charge on any atom is 0.248 e. The minimum atomic E-state index is -3.82. The Bertz CT molecular complexity index is 1370. The molecular formula is C28H33N3O4S. The second kappa shape index (κ2) is 10.4. The van der Waals surface area contributed by atoms with Crippen LogP contribution in [0.25, 0.3) is 12.2 Å². The summed E-state index contributed by atoms with van der Waals surface area (Å²) < 4.78 is 33.9. The van der Waals surface area contributed by atoms with Crippen molar-refractivity contribution in [3.05, 3.63) is 75.7 Å². The zero-order chi connectivity index (χ0) is 26.0. The lowest BCUT2D eigenvalue weighted by Crippen LogP contribution is -2.41. The Labute approximate surface area is 213 Å². The lowest BCUT2D eigenvalue weighted by atomic mass is 9.96. The first kappa shape index (κ1) is 25.9. The molecule has 4 rings (SSSR count). The summed E-state index contributed by atoms with van der Waals surface area (Å²) in [5.41, 5.74) is 6.44. The highest BCUT2D eigenvalue weighted by Crippen LogP contribution is 2.30. The molecule has 1 fully saturated rings. The van der Waals surface area contributed by atoms with Crippen LogP contribution in [0.3, 0.4) is 0 Å². The molecule has 1 aliphatic rings. The predicted octanol–water partition coefficient (Wildman–Crippen LogP) is 5.43. The molecule has 1 aromatic heterocycles. The number of aryl methyl sites for hydroxylation is 5. The maximum atomic E-state index is 13.5. The van der Waals surface area contributed by atoms with Gasteiger partial charge in [0.1, 0.15) is 5.69 Å². The largest absolute Gasteiger partial charge is 0.355 e. The first-order chi connectivity index (χ1) is 17.1. The monoisotopic (exact) mass is 507 g/mol. The Morgan fingerprint density at radius 2 is 1.58 bits per heavy atom. The Morgan fingerprint density at radius 3 is 2.19 bits per heavy atom. The van der Waals surface area contributed by atoms with Crippen molar-refractivity contribution < 1.29 is 17.7 Å². The van der Waals surface area contributed by atoms with Crippen LogP contribution in [-0.2, 0) is 14.8 Å². The van der Waals surface area contributed by atoms with E-state index >= 15 is 0 Å². The Hall–Kier alpha value is -3.23. The molecule has 1 saturated heterocycles. The molecule has 1 amide bonds. The minimum absolute atomic E-state index is 0.0648. The summed E-state index contributed by atoms with van der Waals surface area (Å²) in [6, 6.07) is 12.0. The number of amides is 1. The van der Waals surface area contributed by atoms with Crippen molar-refractivity contribution >= 4 is 33.8 Å². The molecule has 0 bridgehead atoms. The first-order valence-corrected chi connectivity index (χ1v) is 13.6. The van der Waals surface area contributed by atoms with Gasteiger partial charge in [-0.1, -0.05) is 58.8 Å². The van der Waals surface area contributed by atoms with Crippen molar-refractivity contribution in [3.8, 4) is 0 Å². The highest BCUT2D eigenvalue weighted by atomic mass is 32.2. The number of nitrogens with zero attached hydrogens (tertiary/aromatic N) is 2. The fraction of sp³-hybridized carbons (Fsp3) is 0.357. The Kier molecular flexibility index (Phi) is 7.47. The third-order valence-corrected chi connectivity index (χ3v) is 8.74. The van der Waals surface area contributed by atoms with Gasteiger partial charge in [-0.15, -0.1) is 0 Å². The number of sulfonamides is 1. The van der Waals surface area contributed by atoms with Crippen molar-refractivity contribution in [2.45, 2.75) is 52.4 Å². The number of hydrogen-bond donors (Lipinski definition) is 1. The molecule has 190 valence electrons. The van der Waals surface area contributed by atoms with Crippen LogP contribution < -0.4 is 5.32 Å². The zero-order valence-electron chi connectivity index (χ0n) is 21.5. The van der Waals surface area contributed by atoms with Gasteiger partial charge in [0.05, 0.1) is 0 Å². The summed E-state index contributed by atoms with van der Waals surface area (Å²) in [7, 11) is -3.82. The van der Waals surface area contributed by atoms with E-state index in [1.54, 1.807) is 13.0 Å². The van der Waals surface area contributed by atoms with Gasteiger partial charge in [0, 0.05) is 24.7 Å². The summed E-state index contributed by atoms with van der Waals surface area (Å²) >= 11 is 0. The molecule has 0 radical (unpaired) electrons. The Morgan fingerprint density at radius 1 is 0.972 bits per heavy atom. The zero-order valence-corrected chi connectivity index (χ0v) is 22.3. The summed E-state index contributed by atoms with van der Waals surface area (Å²) in [5.74, 6) is -0.107. The van der Waals surface area contributed by atoms with Crippen molar-refractivity contribution in [1.29, 1.82) is 0 Å². The van der Waals surface area contributed by atoms with E-state index in [1.807, 2.05) is 70.2 Å². The second-order valence-electron chi connectivity index (χ2n) is 9.65. The SMILES string of the molecule is Cc1ccc(C=Cc2onc(C)c2S(=O)(=O)N2CCC(C(=O)Nc3c(C)cc(C)cc3C)CC2)cc1. The van der Waals surface area contributed by atoms with Crippen molar-refractivity contribution in [2.75, 3.05) is 18.4 Å². The topological polar surface area (TPSA) is 92.5 Å². The molecule has 1 N–H and O–H groups in total. The van der Waals surface area contributed by atoms with Crippen molar-refractivity contribution in [1.82, 2.24) is 9.46 Å². The summed E-state index contributed by atoms with van der Waals surface area (Å²) in [6.07, 6.45) is 4.36. The number of piperidine rings is 1. The average Bonchev–Trinajstić information content (AvgIpc) is 3.22. The molecular weight excluding hydrogens is 474 g/mol. The van der Waals surface area contributed by atoms with Gasteiger partial charge < -0.3 is 9.84 Å². The third-order valence-electron chi connectivity index (χ3n) is 6.69. The smallest absolute Gasteiger partial charge is 0.248 e. The highest BCUT2D eigenvalue weighted by Gasteiger charge is 2.36. The van der Waals surface area contributed by atoms with Crippen molar-refractivity contribution in [2.24, 2.45) is 5.92 Å². The number of aromatic nitrogens is 1. The van der Waals surface area contributed by atoms with E-state index in [2.05, 4.69) is 10.5 Å². The van der Waals surface area contributed by atoms with Crippen LogP contribution in [0.4, 0.5) is 5.69 Å². The van der Waals surface area contributed by atoms with Crippen LogP contribution in [0.15, 0.2) is 45.8 Å². The van der Waals surface area contributed by atoms with Crippen LogP contribution in [0.5, 0.6) is 0 Å². The van der Waals surface area contributed by atoms with Crippen LogP contribution in [0.2, 0.25) is 0 Å². The van der Waals surface area contributed by atoms with Crippen LogP contribution in [-0.4, -0.2) is 36.9 Å². The molecule has 2 heterocycles. The summed E-state index contributed by atoms with van der Waals surface area (Å²) in [4.78, 5) is 13.1. The van der Waals surface area contributed by atoms with Gasteiger partial charge in [-0.3, -0.25) is 4.79 Å². The van der Waals surface area contributed by atoms with Gasteiger partial charge in [0.25, 0.3) is 0 Å². The molecule has 2 aromatic carbocycles. The fourth-order valence-corrected chi connectivity index (χ4v) is 6.46. The number of anilines is 1. The lowest BCUT2D eigenvalue weighted by Gasteiger charge is -2.30. The van der Waals surface area contributed by atoms with E-state index in [0.29, 0.717) is 18.5 Å². The number of rotatable bonds is 6. The molecule has 36 heavy (non-hydrogen) atoms. The van der Waals surface area contributed by atoms with Gasteiger partial charge in [-0.25, -0.2) is 8.42 Å². The fourth-order valence-electron chi connectivity index (χ4n) is 4.74. The molecule has 0 aliphatic carbocycles. The molecule has 0 atom stereocenters. The first-order valence-electron chi connectivity index (χ1n) is 12.2. The predicted molar refractivity (Wildman–Crippen MR) is 142 cm³/mol. The third kappa shape index (κ3) is 5.44. The van der Waals surface area contributed by atoms with Crippen LogP contribution in [0, 0.1) is 40.5 Å². The molecule has 0 unspecified atom stereocenters. The molecule has 0 saturated carbocycles. The maximum absolute atomic E-state index is 13.5. The van der Waals surface area contributed by atoms with Gasteiger partial charge in [-0.05, 0) is 70.2 Å². The quantitative estimate of drug-likeness (QED) is 0.481. The second-order valence-corrected chi connectivity index (χ2v) is 11.5. The van der Waals surface area contributed by atoms with E-state index in [9.17, 15) is 13.2 Å². The van der Waals surface area contributed by atoms with Gasteiger partial charge in [0.15, 0.2) is 10.7 Å². The van der Waals surface area contributed by atoms with E-state index in [1.165, 1.54) is 4.31 Å². The molecule has 3 aromatic rings. The highest BCUT2D eigenvalue weighted by molar-refractivity contribution is 7.89. The lowest BCUT2D eigenvalue weighted by molar-refractivity contribution is -0.120. The van der Waals surface area contributed by atoms with E-state index in [-0.39, 0.29) is 35.6 Å². The summed E-state index contributed by atoms with van der Waals surface area (Å²) in [5, 5.41) is 6.99. The molecule has 7 nitrogen and oxygen atoms in total. The average molecular weight is 508 g/mol. The van der Waals surface area contributed by atoms with Gasteiger partial charge >= 0.3 is 0 Å².